The van der Waals surface area contributed by atoms with Gasteiger partial charge in [-0.3, -0.25) is 0 Å². The van der Waals surface area contributed by atoms with Gasteiger partial charge in [0, 0.05) is 25.2 Å². The van der Waals surface area contributed by atoms with Crippen molar-refractivity contribution >= 4 is 22.7 Å². The van der Waals surface area contributed by atoms with Crippen LogP contribution in [0.4, 0.5) is 5.69 Å². The van der Waals surface area contributed by atoms with Gasteiger partial charge in [0.15, 0.2) is 11.9 Å². The zero-order valence-corrected chi connectivity index (χ0v) is 29.7. The summed E-state index contributed by atoms with van der Waals surface area (Å²) in [6.45, 7) is 6.66. The summed E-state index contributed by atoms with van der Waals surface area (Å²) in [6.07, 6.45) is 34.0. The molecule has 0 radical (unpaired) electrons. The number of anilines is 1. The molecular formula is C37H61IN2O2. The molecule has 238 valence electrons. The van der Waals surface area contributed by atoms with Crippen molar-refractivity contribution in [3.05, 3.63) is 30.1 Å². The molecule has 4 nitrogen and oxygen atoms in total. The standard InChI is InChI=1S/C37H61N2O2.HI/c1-5-7-9-11-13-15-17-19-21-23-27-38-29-25-32-31-34(40-3)37(41-4)36-35(32)33(38)26-30-39(36)28-24-22-20-18-16-14-12-10-8-6-2;/h25-26,29-31H,5-24,27-28H2,1-4H3;1H/q+1;/p-1. The number of aromatic nitrogens is 1. The second-order valence-corrected chi connectivity index (χ2v) is 12.2. The van der Waals surface area contributed by atoms with Crippen LogP contribution in [0.15, 0.2) is 24.5 Å². The van der Waals surface area contributed by atoms with Crippen LogP contribution < -0.4 is 42.9 Å². The minimum Gasteiger partial charge on any atom is -1.00 e. The largest absolute Gasteiger partial charge is 1.00 e. The van der Waals surface area contributed by atoms with Crippen molar-refractivity contribution in [3.8, 4) is 11.5 Å². The fourth-order valence-corrected chi connectivity index (χ4v) is 6.40. The summed E-state index contributed by atoms with van der Waals surface area (Å²) in [4.78, 5) is 2.46. The van der Waals surface area contributed by atoms with Crippen LogP contribution in [0.5, 0.6) is 11.5 Å². The molecule has 0 N–H and O–H groups in total. The number of hydrogen-bond acceptors (Lipinski definition) is 3. The molecule has 3 rings (SSSR count). The van der Waals surface area contributed by atoms with Gasteiger partial charge in [0.1, 0.15) is 6.54 Å². The third-order valence-electron chi connectivity index (χ3n) is 8.88. The fraction of sp³-hybridized carbons (Fsp3) is 0.703. The summed E-state index contributed by atoms with van der Waals surface area (Å²) in [5.74, 6) is 1.67. The first-order valence-electron chi connectivity index (χ1n) is 17.3. The quantitative estimate of drug-likeness (QED) is 0.0639. The van der Waals surface area contributed by atoms with Gasteiger partial charge in [-0.05, 0) is 30.5 Å². The van der Waals surface area contributed by atoms with Crippen molar-refractivity contribution in [2.75, 3.05) is 25.7 Å². The van der Waals surface area contributed by atoms with Crippen LogP contribution in [0.25, 0.3) is 17.0 Å². The molecule has 0 aliphatic carbocycles. The second kappa shape index (κ2) is 22.1. The van der Waals surface area contributed by atoms with E-state index in [9.17, 15) is 0 Å². The van der Waals surface area contributed by atoms with Gasteiger partial charge in [0.05, 0.1) is 25.3 Å². The van der Waals surface area contributed by atoms with Crippen molar-refractivity contribution < 1.29 is 38.0 Å². The van der Waals surface area contributed by atoms with Crippen LogP contribution in [-0.4, -0.2) is 20.8 Å². The highest BCUT2D eigenvalue weighted by Crippen LogP contribution is 2.42. The van der Waals surface area contributed by atoms with Crippen molar-refractivity contribution in [2.45, 2.75) is 149 Å². The maximum absolute atomic E-state index is 5.98. The van der Waals surface area contributed by atoms with Gasteiger partial charge in [0.2, 0.25) is 5.75 Å². The van der Waals surface area contributed by atoms with Crippen LogP contribution in [0.2, 0.25) is 0 Å². The molecular weight excluding hydrogens is 631 g/mol. The average molecular weight is 693 g/mol. The fourth-order valence-electron chi connectivity index (χ4n) is 6.40. The van der Waals surface area contributed by atoms with Crippen molar-refractivity contribution in [3.63, 3.8) is 0 Å². The Labute approximate surface area is 275 Å². The van der Waals surface area contributed by atoms with E-state index in [-0.39, 0.29) is 24.0 Å². The lowest BCUT2D eigenvalue weighted by Crippen LogP contribution is -3.00. The molecule has 0 amide bonds. The van der Waals surface area contributed by atoms with Crippen LogP contribution in [0.1, 0.15) is 148 Å². The van der Waals surface area contributed by atoms with Gasteiger partial charge in [-0.1, -0.05) is 123 Å². The van der Waals surface area contributed by atoms with E-state index in [0.29, 0.717) is 0 Å². The second-order valence-electron chi connectivity index (χ2n) is 12.2. The van der Waals surface area contributed by atoms with E-state index >= 15 is 0 Å². The predicted octanol–water partition coefficient (Wildman–Crippen LogP) is 7.78. The average Bonchev–Trinajstić information content (AvgIpc) is 3.00. The molecule has 0 bridgehead atoms. The molecule has 1 aromatic heterocycles. The summed E-state index contributed by atoms with van der Waals surface area (Å²) >= 11 is 0. The zero-order valence-electron chi connectivity index (χ0n) is 27.5. The van der Waals surface area contributed by atoms with E-state index in [1.807, 2.05) is 0 Å². The van der Waals surface area contributed by atoms with E-state index in [2.05, 4.69) is 53.9 Å². The monoisotopic (exact) mass is 692 g/mol. The predicted molar refractivity (Wildman–Crippen MR) is 177 cm³/mol. The first kappa shape index (κ1) is 36.7. The van der Waals surface area contributed by atoms with Gasteiger partial charge in [0.25, 0.3) is 5.52 Å². The molecule has 0 saturated heterocycles. The number of hydrogen-bond donors (Lipinski definition) is 0. The molecule has 0 saturated carbocycles. The number of benzene rings is 1. The molecule has 2 aromatic rings. The molecule has 0 atom stereocenters. The Hall–Kier alpha value is -1.50. The van der Waals surface area contributed by atoms with E-state index in [0.717, 1.165) is 24.6 Å². The SMILES string of the molecule is CCCCCCCCCCCCN1C=Cc2cc(OC)c(OC)c3c2c1cc[n+]3CCCCCCCCCCCC.[I-]. The normalized spacial score (nSPS) is 12.1. The number of nitrogens with zero attached hydrogens (tertiary/aromatic N) is 2. The molecule has 42 heavy (non-hydrogen) atoms. The van der Waals surface area contributed by atoms with Gasteiger partial charge >= 0.3 is 0 Å². The number of pyridine rings is 1. The number of unbranched alkanes of at least 4 members (excludes halogenated alkanes) is 18. The van der Waals surface area contributed by atoms with Gasteiger partial charge < -0.3 is 38.4 Å². The summed E-state index contributed by atoms with van der Waals surface area (Å²) in [7, 11) is 3.52. The lowest BCUT2D eigenvalue weighted by atomic mass is 10.0. The molecule has 1 aliphatic heterocycles. The highest BCUT2D eigenvalue weighted by molar-refractivity contribution is 6.03. The summed E-state index contributed by atoms with van der Waals surface area (Å²) in [5.41, 5.74) is 3.70. The van der Waals surface area contributed by atoms with Crippen LogP contribution >= 0.6 is 0 Å². The van der Waals surface area contributed by atoms with E-state index in [1.165, 1.54) is 151 Å². The third-order valence-corrected chi connectivity index (χ3v) is 8.88. The number of rotatable bonds is 24. The lowest BCUT2D eigenvalue weighted by Gasteiger charge is -2.26. The third kappa shape index (κ3) is 11.5. The summed E-state index contributed by atoms with van der Waals surface area (Å²) < 4.78 is 14.2. The van der Waals surface area contributed by atoms with Gasteiger partial charge in [-0.15, -0.1) is 0 Å². The highest BCUT2D eigenvalue weighted by Gasteiger charge is 2.27. The maximum atomic E-state index is 5.98. The van der Waals surface area contributed by atoms with Crippen molar-refractivity contribution in [2.24, 2.45) is 0 Å². The first-order valence-corrected chi connectivity index (χ1v) is 17.3. The van der Waals surface area contributed by atoms with Crippen LogP contribution in [-0.2, 0) is 6.54 Å². The van der Waals surface area contributed by atoms with E-state index in [4.69, 9.17) is 9.47 Å². The molecule has 2 heterocycles. The summed E-state index contributed by atoms with van der Waals surface area (Å²) in [5, 5.41) is 1.30. The van der Waals surface area contributed by atoms with E-state index < -0.39 is 0 Å². The van der Waals surface area contributed by atoms with Gasteiger partial charge in [-0.2, -0.15) is 4.57 Å². The molecule has 5 heteroatoms. The minimum absolute atomic E-state index is 0. The molecule has 0 fully saturated rings. The smallest absolute Gasteiger partial charge is 0.261 e. The van der Waals surface area contributed by atoms with Crippen LogP contribution in [0.3, 0.4) is 0 Å². The molecule has 0 spiro atoms. The molecule has 1 aliphatic rings. The zero-order chi connectivity index (χ0) is 29.1. The van der Waals surface area contributed by atoms with E-state index in [1.54, 1.807) is 14.2 Å². The molecule has 1 aromatic carbocycles. The number of ether oxygens (including phenoxy) is 2. The maximum Gasteiger partial charge on any atom is 0.261 e. The Morgan fingerprint density at radius 3 is 1.71 bits per heavy atom. The molecule has 0 unspecified atom stereocenters. The Bertz CT molecular complexity index is 1040. The van der Waals surface area contributed by atoms with Crippen LogP contribution in [0, 0.1) is 0 Å². The first-order chi connectivity index (χ1) is 20.2. The Kier molecular flexibility index (Phi) is 19.3. The van der Waals surface area contributed by atoms with Crippen molar-refractivity contribution in [1.29, 1.82) is 0 Å². The number of halogens is 1. The minimum atomic E-state index is 0. The summed E-state index contributed by atoms with van der Waals surface area (Å²) in [6, 6.07) is 4.47. The highest BCUT2D eigenvalue weighted by atomic mass is 127. The Morgan fingerprint density at radius 1 is 0.667 bits per heavy atom. The Balaban J connectivity index is 0.00000616. The number of aryl methyl sites for hydroxylation is 1. The van der Waals surface area contributed by atoms with Gasteiger partial charge in [-0.25, -0.2) is 0 Å². The van der Waals surface area contributed by atoms with Crippen molar-refractivity contribution in [1.82, 2.24) is 0 Å². The lowest BCUT2D eigenvalue weighted by molar-refractivity contribution is -0.672. The topological polar surface area (TPSA) is 25.6 Å². The Morgan fingerprint density at radius 2 is 1.19 bits per heavy atom. The number of methoxy groups -OCH3 is 2.